The van der Waals surface area contributed by atoms with Gasteiger partial charge in [0.05, 0.1) is 6.54 Å². The van der Waals surface area contributed by atoms with Crippen LogP contribution in [0.15, 0.2) is 0 Å². The van der Waals surface area contributed by atoms with Crippen LogP contribution in [0.3, 0.4) is 0 Å². The lowest BCUT2D eigenvalue weighted by atomic mass is 9.84. The van der Waals surface area contributed by atoms with E-state index in [1.165, 1.54) is 13.3 Å². The molecule has 1 saturated carbocycles. The number of amides is 2. The Morgan fingerprint density at radius 1 is 1.19 bits per heavy atom. The van der Waals surface area contributed by atoms with Gasteiger partial charge in [0.25, 0.3) is 0 Å². The van der Waals surface area contributed by atoms with E-state index in [9.17, 15) is 14.4 Å². The Bertz CT molecular complexity index is 380. The Morgan fingerprint density at radius 3 is 2.33 bits per heavy atom. The lowest BCUT2D eigenvalue weighted by Gasteiger charge is -2.27. The van der Waals surface area contributed by atoms with Crippen LogP contribution in [-0.4, -0.2) is 41.5 Å². The third-order valence-electron chi connectivity index (χ3n) is 3.86. The van der Waals surface area contributed by atoms with Gasteiger partial charge in [-0.3, -0.25) is 14.4 Å². The highest BCUT2D eigenvalue weighted by molar-refractivity contribution is 5.90. The third-order valence-corrected chi connectivity index (χ3v) is 3.86. The molecule has 2 atom stereocenters. The number of hydrogen-bond acceptors (Lipinski definition) is 4. The second-order valence-corrected chi connectivity index (χ2v) is 5.63. The van der Waals surface area contributed by atoms with Crippen molar-refractivity contribution >= 4 is 17.8 Å². The molecule has 0 aromatic rings. The Labute approximate surface area is 124 Å². The van der Waals surface area contributed by atoms with Crippen molar-refractivity contribution in [3.8, 4) is 0 Å². The highest BCUT2D eigenvalue weighted by atomic mass is 16.4. The second-order valence-electron chi connectivity index (χ2n) is 5.63. The number of nitrogens with one attached hydrogen (secondary N) is 2. The number of carbonyl (C=O) groups is 3. The topological polar surface area (TPSA) is 122 Å². The molecule has 1 rings (SSSR count). The van der Waals surface area contributed by atoms with Gasteiger partial charge in [0.2, 0.25) is 11.8 Å². The van der Waals surface area contributed by atoms with Crippen LogP contribution in [0.5, 0.6) is 0 Å². The molecule has 0 heterocycles. The summed E-state index contributed by atoms with van der Waals surface area (Å²) in [4.78, 5) is 34.4. The zero-order chi connectivity index (χ0) is 15.8. The van der Waals surface area contributed by atoms with Gasteiger partial charge in [-0.05, 0) is 19.3 Å². The monoisotopic (exact) mass is 299 g/mol. The molecule has 0 saturated heterocycles. The van der Waals surface area contributed by atoms with Gasteiger partial charge in [0, 0.05) is 0 Å². The van der Waals surface area contributed by atoms with Gasteiger partial charge in [-0.1, -0.05) is 32.1 Å². The first-order valence-corrected chi connectivity index (χ1v) is 7.46. The summed E-state index contributed by atoms with van der Waals surface area (Å²) in [6.07, 6.45) is 6.08. The average molecular weight is 299 g/mol. The second kappa shape index (κ2) is 8.61. The molecule has 1 aliphatic rings. The van der Waals surface area contributed by atoms with Gasteiger partial charge in [-0.15, -0.1) is 0 Å². The largest absolute Gasteiger partial charge is 0.480 e. The lowest BCUT2D eigenvalue weighted by molar-refractivity contribution is -0.141. The number of carboxylic acids is 1. The fourth-order valence-electron chi connectivity index (χ4n) is 2.62. The number of carbonyl (C=O) groups excluding carboxylic acids is 2. The molecule has 21 heavy (non-hydrogen) atoms. The smallest absolute Gasteiger partial charge is 0.325 e. The number of nitrogens with two attached hydrogens (primary N) is 1. The summed E-state index contributed by atoms with van der Waals surface area (Å²) in [6.45, 7) is 1.20. The van der Waals surface area contributed by atoms with Crippen molar-refractivity contribution in [2.24, 2.45) is 11.7 Å². The van der Waals surface area contributed by atoms with Crippen LogP contribution in [0.25, 0.3) is 0 Å². The van der Waals surface area contributed by atoms with Crippen LogP contribution in [-0.2, 0) is 14.4 Å². The average Bonchev–Trinajstić information content (AvgIpc) is 2.47. The molecule has 1 fully saturated rings. The molecule has 0 aromatic carbocycles. The SMILES string of the molecule is C[C@@H](NC(=O)[C@@H](CC1CCCCC1)NC(=O)CN)C(=O)O. The predicted octanol–water partition coefficient (Wildman–Crippen LogP) is -0.0104. The molecule has 0 spiro atoms. The van der Waals surface area contributed by atoms with E-state index in [2.05, 4.69) is 10.6 Å². The van der Waals surface area contributed by atoms with Gasteiger partial charge in [0.15, 0.2) is 0 Å². The number of hydrogen-bond donors (Lipinski definition) is 4. The maximum absolute atomic E-state index is 12.2. The van der Waals surface area contributed by atoms with E-state index >= 15 is 0 Å². The number of aliphatic carboxylic acids is 1. The molecule has 5 N–H and O–H groups in total. The highest BCUT2D eigenvalue weighted by Crippen LogP contribution is 2.27. The number of rotatable bonds is 7. The molecule has 7 nitrogen and oxygen atoms in total. The van der Waals surface area contributed by atoms with E-state index in [0.717, 1.165) is 25.7 Å². The van der Waals surface area contributed by atoms with Crippen molar-refractivity contribution in [2.45, 2.75) is 57.5 Å². The quantitative estimate of drug-likeness (QED) is 0.527. The maximum Gasteiger partial charge on any atom is 0.325 e. The fraction of sp³-hybridized carbons (Fsp3) is 0.786. The minimum absolute atomic E-state index is 0.192. The molecule has 0 aromatic heterocycles. The molecule has 7 heteroatoms. The molecule has 1 aliphatic carbocycles. The highest BCUT2D eigenvalue weighted by Gasteiger charge is 2.27. The van der Waals surface area contributed by atoms with Crippen molar-refractivity contribution in [3.63, 3.8) is 0 Å². The minimum Gasteiger partial charge on any atom is -0.480 e. The van der Waals surface area contributed by atoms with E-state index in [0.29, 0.717) is 12.3 Å². The van der Waals surface area contributed by atoms with Crippen LogP contribution in [0.1, 0.15) is 45.4 Å². The van der Waals surface area contributed by atoms with Gasteiger partial charge in [-0.2, -0.15) is 0 Å². The van der Waals surface area contributed by atoms with E-state index in [1.54, 1.807) is 0 Å². The van der Waals surface area contributed by atoms with E-state index < -0.39 is 29.9 Å². The van der Waals surface area contributed by atoms with Crippen molar-refractivity contribution in [1.82, 2.24) is 10.6 Å². The van der Waals surface area contributed by atoms with Crippen LogP contribution in [0.4, 0.5) is 0 Å². The van der Waals surface area contributed by atoms with Crippen molar-refractivity contribution in [3.05, 3.63) is 0 Å². The molecular weight excluding hydrogens is 274 g/mol. The minimum atomic E-state index is -1.11. The summed E-state index contributed by atoms with van der Waals surface area (Å²) in [6, 6.07) is -1.70. The summed E-state index contributed by atoms with van der Waals surface area (Å²) in [5, 5.41) is 13.8. The molecule has 120 valence electrons. The molecule has 0 unspecified atom stereocenters. The van der Waals surface area contributed by atoms with Crippen LogP contribution >= 0.6 is 0 Å². The van der Waals surface area contributed by atoms with Crippen LogP contribution in [0, 0.1) is 5.92 Å². The van der Waals surface area contributed by atoms with Gasteiger partial charge in [0.1, 0.15) is 12.1 Å². The van der Waals surface area contributed by atoms with Crippen LogP contribution < -0.4 is 16.4 Å². The summed E-state index contributed by atoms with van der Waals surface area (Å²) in [5.41, 5.74) is 5.27. The molecule has 0 bridgehead atoms. The predicted molar refractivity (Wildman–Crippen MR) is 77.4 cm³/mol. The van der Waals surface area contributed by atoms with Crippen molar-refractivity contribution < 1.29 is 19.5 Å². The Hall–Kier alpha value is -1.63. The maximum atomic E-state index is 12.2. The third kappa shape index (κ3) is 6.12. The molecular formula is C14H25N3O4. The first-order chi connectivity index (χ1) is 9.93. The van der Waals surface area contributed by atoms with E-state index in [1.807, 2.05) is 0 Å². The summed E-state index contributed by atoms with van der Waals surface area (Å²) in [5.74, 6) is -1.59. The normalized spacial score (nSPS) is 18.6. The fourth-order valence-corrected chi connectivity index (χ4v) is 2.62. The molecule has 0 radical (unpaired) electrons. The zero-order valence-electron chi connectivity index (χ0n) is 12.4. The lowest BCUT2D eigenvalue weighted by Crippen LogP contribution is -2.52. The molecule has 0 aliphatic heterocycles. The van der Waals surface area contributed by atoms with E-state index in [-0.39, 0.29) is 6.54 Å². The van der Waals surface area contributed by atoms with Gasteiger partial charge >= 0.3 is 5.97 Å². The first-order valence-electron chi connectivity index (χ1n) is 7.46. The number of carboxylic acid groups (broad SMARTS) is 1. The van der Waals surface area contributed by atoms with Crippen molar-refractivity contribution in [1.29, 1.82) is 0 Å². The van der Waals surface area contributed by atoms with E-state index in [4.69, 9.17) is 10.8 Å². The molecule has 2 amide bonds. The van der Waals surface area contributed by atoms with Gasteiger partial charge < -0.3 is 21.5 Å². The van der Waals surface area contributed by atoms with Crippen LogP contribution in [0.2, 0.25) is 0 Å². The first kappa shape index (κ1) is 17.4. The Morgan fingerprint density at radius 2 is 1.81 bits per heavy atom. The zero-order valence-corrected chi connectivity index (χ0v) is 12.4. The summed E-state index contributed by atoms with van der Waals surface area (Å²) < 4.78 is 0. The van der Waals surface area contributed by atoms with Crippen molar-refractivity contribution in [2.75, 3.05) is 6.54 Å². The Balaban J connectivity index is 2.63. The van der Waals surface area contributed by atoms with Gasteiger partial charge in [-0.25, -0.2) is 0 Å². The standard InChI is InChI=1S/C14H25N3O4/c1-9(14(20)21)16-13(19)11(17-12(18)8-15)7-10-5-3-2-4-6-10/h9-11H,2-8,15H2,1H3,(H,16,19)(H,17,18)(H,20,21)/t9-,11-/m1/s1. The summed E-state index contributed by atoms with van der Waals surface area (Å²) in [7, 11) is 0. The summed E-state index contributed by atoms with van der Waals surface area (Å²) >= 11 is 0. The Kier molecular flexibility index (Phi) is 7.14.